The minimum atomic E-state index is 0.657. The number of imidazole rings is 1. The van der Waals surface area contributed by atoms with Crippen molar-refractivity contribution in [3.63, 3.8) is 0 Å². The number of likely N-dealkylation sites (tertiary alicyclic amines) is 1. The molecule has 1 aromatic heterocycles. The minimum absolute atomic E-state index is 0.657. The normalized spacial score (nSPS) is 25.1. The molecule has 0 radical (unpaired) electrons. The summed E-state index contributed by atoms with van der Waals surface area (Å²) in [5.41, 5.74) is 1.31. The SMILES string of the molecule is CC1CCCc2nc(CCN3CCCCC3)cn21. The lowest BCUT2D eigenvalue weighted by Crippen LogP contribution is -2.31. The molecule has 0 aromatic carbocycles. The highest BCUT2D eigenvalue weighted by Gasteiger charge is 2.18. The summed E-state index contributed by atoms with van der Waals surface area (Å²) in [5, 5.41) is 0. The Morgan fingerprint density at radius 3 is 2.83 bits per heavy atom. The van der Waals surface area contributed by atoms with Gasteiger partial charge in [0.2, 0.25) is 0 Å². The molecule has 3 heterocycles. The lowest BCUT2D eigenvalue weighted by atomic mass is 10.1. The van der Waals surface area contributed by atoms with Gasteiger partial charge in [-0.15, -0.1) is 0 Å². The molecule has 100 valence electrons. The van der Waals surface area contributed by atoms with Gasteiger partial charge >= 0.3 is 0 Å². The lowest BCUT2D eigenvalue weighted by Gasteiger charge is -2.25. The molecule has 1 saturated heterocycles. The highest BCUT2D eigenvalue weighted by atomic mass is 15.1. The molecular formula is C15H25N3. The van der Waals surface area contributed by atoms with Crippen LogP contribution < -0.4 is 0 Å². The van der Waals surface area contributed by atoms with Crippen molar-refractivity contribution in [2.45, 2.75) is 57.9 Å². The number of fused-ring (bicyclic) bond motifs is 1. The highest BCUT2D eigenvalue weighted by molar-refractivity contribution is 5.08. The van der Waals surface area contributed by atoms with E-state index in [1.54, 1.807) is 0 Å². The van der Waals surface area contributed by atoms with E-state index in [4.69, 9.17) is 4.98 Å². The third kappa shape index (κ3) is 2.61. The summed E-state index contributed by atoms with van der Waals surface area (Å²) in [6, 6.07) is 0.657. The van der Waals surface area contributed by atoms with Crippen molar-refractivity contribution < 1.29 is 0 Å². The molecule has 3 nitrogen and oxygen atoms in total. The first kappa shape index (κ1) is 12.2. The molecule has 2 aliphatic rings. The van der Waals surface area contributed by atoms with Gasteiger partial charge in [0.25, 0.3) is 0 Å². The van der Waals surface area contributed by atoms with Crippen LogP contribution in [0.3, 0.4) is 0 Å². The summed E-state index contributed by atoms with van der Waals surface area (Å²) < 4.78 is 2.41. The molecule has 1 fully saturated rings. The third-order valence-corrected chi connectivity index (χ3v) is 4.49. The fourth-order valence-electron chi connectivity index (χ4n) is 3.32. The van der Waals surface area contributed by atoms with Crippen LogP contribution in [0.15, 0.2) is 6.20 Å². The lowest BCUT2D eigenvalue weighted by molar-refractivity contribution is 0.231. The van der Waals surface area contributed by atoms with Crippen molar-refractivity contribution in [2.24, 2.45) is 0 Å². The van der Waals surface area contributed by atoms with E-state index in [0.717, 1.165) is 6.42 Å². The predicted molar refractivity (Wildman–Crippen MR) is 73.9 cm³/mol. The standard InChI is InChI=1S/C15H25N3/c1-13-6-5-7-15-16-14(12-18(13)15)8-11-17-9-3-2-4-10-17/h12-13H,2-11H2,1H3. The summed E-state index contributed by atoms with van der Waals surface area (Å²) >= 11 is 0. The second-order valence-corrected chi connectivity index (χ2v) is 5.95. The van der Waals surface area contributed by atoms with Crippen molar-refractivity contribution in [3.8, 4) is 0 Å². The fraction of sp³-hybridized carbons (Fsp3) is 0.800. The molecule has 0 bridgehead atoms. The molecule has 0 N–H and O–H groups in total. The Labute approximate surface area is 110 Å². The topological polar surface area (TPSA) is 21.1 Å². The molecule has 2 aliphatic heterocycles. The van der Waals surface area contributed by atoms with Crippen LogP contribution in [-0.2, 0) is 12.8 Å². The predicted octanol–water partition coefficient (Wildman–Crippen LogP) is 2.81. The molecule has 0 aliphatic carbocycles. The van der Waals surface area contributed by atoms with Gasteiger partial charge in [0.15, 0.2) is 0 Å². The van der Waals surface area contributed by atoms with Gasteiger partial charge in [-0.25, -0.2) is 4.98 Å². The Balaban J connectivity index is 1.59. The molecule has 0 amide bonds. The summed E-state index contributed by atoms with van der Waals surface area (Å²) in [4.78, 5) is 7.42. The monoisotopic (exact) mass is 247 g/mol. The van der Waals surface area contributed by atoms with E-state index >= 15 is 0 Å². The average Bonchev–Trinajstić information content (AvgIpc) is 2.82. The third-order valence-electron chi connectivity index (χ3n) is 4.49. The van der Waals surface area contributed by atoms with Gasteiger partial charge < -0.3 is 9.47 Å². The smallest absolute Gasteiger partial charge is 0.109 e. The van der Waals surface area contributed by atoms with Crippen LogP contribution in [-0.4, -0.2) is 34.1 Å². The molecule has 3 heteroatoms. The Bertz CT molecular complexity index is 390. The van der Waals surface area contributed by atoms with Gasteiger partial charge in [0.1, 0.15) is 5.82 Å². The highest BCUT2D eigenvalue weighted by Crippen LogP contribution is 2.24. The van der Waals surface area contributed by atoms with Gasteiger partial charge in [-0.05, 0) is 45.7 Å². The number of piperidine rings is 1. The van der Waals surface area contributed by atoms with E-state index in [9.17, 15) is 0 Å². The van der Waals surface area contributed by atoms with Gasteiger partial charge in [-0.3, -0.25) is 0 Å². The zero-order valence-corrected chi connectivity index (χ0v) is 11.6. The molecule has 3 rings (SSSR count). The van der Waals surface area contributed by atoms with E-state index < -0.39 is 0 Å². The Morgan fingerprint density at radius 1 is 1.22 bits per heavy atom. The zero-order chi connectivity index (χ0) is 12.4. The quantitative estimate of drug-likeness (QED) is 0.819. The van der Waals surface area contributed by atoms with E-state index in [0.29, 0.717) is 6.04 Å². The van der Waals surface area contributed by atoms with Crippen LogP contribution >= 0.6 is 0 Å². The van der Waals surface area contributed by atoms with E-state index in [-0.39, 0.29) is 0 Å². The number of nitrogens with zero attached hydrogens (tertiary/aromatic N) is 3. The van der Waals surface area contributed by atoms with Crippen LogP contribution in [0.1, 0.15) is 56.6 Å². The summed E-state index contributed by atoms with van der Waals surface area (Å²) in [7, 11) is 0. The van der Waals surface area contributed by atoms with Crippen LogP contribution in [0.4, 0.5) is 0 Å². The number of rotatable bonds is 3. The van der Waals surface area contributed by atoms with Crippen LogP contribution in [0.5, 0.6) is 0 Å². The van der Waals surface area contributed by atoms with E-state index in [1.165, 1.54) is 69.7 Å². The van der Waals surface area contributed by atoms with Gasteiger partial charge in [-0.2, -0.15) is 0 Å². The first-order valence-corrected chi connectivity index (χ1v) is 7.62. The van der Waals surface area contributed by atoms with Crippen molar-refractivity contribution >= 4 is 0 Å². The number of aryl methyl sites for hydroxylation is 1. The fourth-order valence-corrected chi connectivity index (χ4v) is 3.32. The van der Waals surface area contributed by atoms with Crippen LogP contribution in [0.2, 0.25) is 0 Å². The van der Waals surface area contributed by atoms with Gasteiger partial charge in [-0.1, -0.05) is 6.42 Å². The largest absolute Gasteiger partial charge is 0.332 e. The van der Waals surface area contributed by atoms with Gasteiger partial charge in [0.05, 0.1) is 5.69 Å². The second kappa shape index (κ2) is 5.43. The molecule has 1 aromatic rings. The van der Waals surface area contributed by atoms with Crippen molar-refractivity contribution in [2.75, 3.05) is 19.6 Å². The molecular weight excluding hydrogens is 222 g/mol. The van der Waals surface area contributed by atoms with Crippen LogP contribution in [0, 0.1) is 0 Å². The first-order chi connectivity index (χ1) is 8.83. The molecule has 1 unspecified atom stereocenters. The number of hydrogen-bond donors (Lipinski definition) is 0. The van der Waals surface area contributed by atoms with Crippen molar-refractivity contribution in [3.05, 3.63) is 17.7 Å². The zero-order valence-electron chi connectivity index (χ0n) is 11.6. The van der Waals surface area contributed by atoms with Gasteiger partial charge in [0, 0.05) is 31.6 Å². The average molecular weight is 247 g/mol. The maximum atomic E-state index is 4.82. The molecule has 0 saturated carbocycles. The minimum Gasteiger partial charge on any atom is -0.332 e. The summed E-state index contributed by atoms with van der Waals surface area (Å²) in [6.45, 7) is 6.11. The first-order valence-electron chi connectivity index (χ1n) is 7.62. The summed E-state index contributed by atoms with van der Waals surface area (Å²) in [6.07, 6.45) is 11.4. The van der Waals surface area contributed by atoms with E-state index in [1.807, 2.05) is 0 Å². The summed E-state index contributed by atoms with van der Waals surface area (Å²) in [5.74, 6) is 1.32. The maximum absolute atomic E-state index is 4.82. The number of aromatic nitrogens is 2. The van der Waals surface area contributed by atoms with Crippen molar-refractivity contribution in [1.29, 1.82) is 0 Å². The maximum Gasteiger partial charge on any atom is 0.109 e. The van der Waals surface area contributed by atoms with Crippen molar-refractivity contribution in [1.82, 2.24) is 14.5 Å². The number of hydrogen-bond acceptors (Lipinski definition) is 2. The molecule has 0 spiro atoms. The van der Waals surface area contributed by atoms with E-state index in [2.05, 4.69) is 22.6 Å². The molecule has 1 atom stereocenters. The Hall–Kier alpha value is -0.830. The second-order valence-electron chi connectivity index (χ2n) is 5.95. The molecule has 18 heavy (non-hydrogen) atoms. The van der Waals surface area contributed by atoms with Crippen LogP contribution in [0.25, 0.3) is 0 Å². The Kier molecular flexibility index (Phi) is 3.69. The Morgan fingerprint density at radius 2 is 2.06 bits per heavy atom.